The predicted molar refractivity (Wildman–Crippen MR) is 154 cm³/mol. The van der Waals surface area contributed by atoms with E-state index in [1.807, 2.05) is 0 Å². The number of aliphatic hydroxyl groups excluding tert-OH is 3. The van der Waals surface area contributed by atoms with Crippen LogP contribution in [0, 0.1) is 58.2 Å². The Morgan fingerprint density at radius 1 is 0.950 bits per heavy atom. The number of rotatable bonds is 12. The first kappa shape index (κ1) is 32.2. The van der Waals surface area contributed by atoms with Gasteiger partial charge in [-0.15, -0.1) is 0 Å². The molecule has 0 saturated heterocycles. The molecule has 7 nitrogen and oxygen atoms in total. The van der Waals surface area contributed by atoms with Gasteiger partial charge in [0.15, 0.2) is 0 Å². The second kappa shape index (κ2) is 13.3. The largest absolute Gasteiger partial charge is 0.469 e. The van der Waals surface area contributed by atoms with Gasteiger partial charge in [0.2, 0.25) is 0 Å². The molecular formula is C33H58O7. The number of carbonyl (C=O) groups excluding carboxylic acids is 1. The average Bonchev–Trinajstić information content (AvgIpc) is 3.27. The lowest BCUT2D eigenvalue weighted by Gasteiger charge is -2.63. The second-order valence-corrected chi connectivity index (χ2v) is 14.6. The molecule has 1 unspecified atom stereocenters. The van der Waals surface area contributed by atoms with E-state index in [9.17, 15) is 15.0 Å². The lowest BCUT2D eigenvalue weighted by Crippen LogP contribution is -2.62. The third kappa shape index (κ3) is 6.02. The molecule has 12 atom stereocenters. The van der Waals surface area contributed by atoms with Crippen molar-refractivity contribution in [3.63, 3.8) is 0 Å². The van der Waals surface area contributed by atoms with Crippen LogP contribution in [-0.2, 0) is 19.0 Å². The maximum atomic E-state index is 12.4. The van der Waals surface area contributed by atoms with E-state index in [2.05, 4.69) is 34.6 Å². The number of fused-ring (bicyclic) bond motifs is 5. The number of ether oxygens (including phenoxy) is 3. The molecule has 4 aliphatic rings. The minimum atomic E-state index is -0.365. The molecule has 0 spiro atoms. The molecule has 0 radical (unpaired) electrons. The van der Waals surface area contributed by atoms with Gasteiger partial charge in [0.25, 0.3) is 0 Å². The average molecular weight is 567 g/mol. The van der Waals surface area contributed by atoms with Crippen LogP contribution in [0.3, 0.4) is 0 Å². The quantitative estimate of drug-likeness (QED) is 0.229. The number of hydrogen-bond acceptors (Lipinski definition) is 7. The minimum Gasteiger partial charge on any atom is -0.469 e. The molecule has 0 amide bonds. The van der Waals surface area contributed by atoms with Crippen LogP contribution >= 0.6 is 0 Å². The van der Waals surface area contributed by atoms with Crippen LogP contribution < -0.4 is 0 Å². The van der Waals surface area contributed by atoms with Crippen molar-refractivity contribution in [1.82, 2.24) is 0 Å². The van der Waals surface area contributed by atoms with Gasteiger partial charge in [-0.1, -0.05) is 34.6 Å². The van der Waals surface area contributed by atoms with Gasteiger partial charge in [-0.2, -0.15) is 0 Å². The molecule has 3 N–H and O–H groups in total. The van der Waals surface area contributed by atoms with Crippen molar-refractivity contribution in [3.8, 4) is 0 Å². The fourth-order valence-electron chi connectivity index (χ4n) is 10.2. The van der Waals surface area contributed by atoms with E-state index in [4.69, 9.17) is 19.3 Å². The predicted octanol–water partition coefficient (Wildman–Crippen LogP) is 4.84. The van der Waals surface area contributed by atoms with Gasteiger partial charge in [-0.25, -0.2) is 0 Å². The number of aliphatic hydroxyl groups is 3. The van der Waals surface area contributed by atoms with Gasteiger partial charge in [-0.3, -0.25) is 4.79 Å². The standard InChI is InChI=1S/C33H58O7/c1-20(2)24(31(37)38-6)8-7-21(3)25-9-10-26-30-27(19-29(36)33(25,26)5)32(4)12-11-23(17-22(32)18-28(30)35)40-16-15-39-14-13-34/h20-30,34-36H,7-19H2,1-6H3/t21-,22+,23-,24?,25-,26+,27+,28-,29+,30+,32+,33-/m1/s1. The van der Waals surface area contributed by atoms with E-state index in [0.717, 1.165) is 57.8 Å². The molecule has 4 rings (SSSR count). The lowest BCUT2D eigenvalue weighted by atomic mass is 9.43. The third-order valence-electron chi connectivity index (χ3n) is 12.6. The molecule has 0 aromatic carbocycles. The van der Waals surface area contributed by atoms with Crippen LogP contribution in [0.25, 0.3) is 0 Å². The summed E-state index contributed by atoms with van der Waals surface area (Å²) >= 11 is 0. The first-order valence-corrected chi connectivity index (χ1v) is 16.2. The highest BCUT2D eigenvalue weighted by molar-refractivity contribution is 5.72. The molecule has 0 aromatic rings. The second-order valence-electron chi connectivity index (χ2n) is 14.6. The molecule has 4 aliphatic carbocycles. The van der Waals surface area contributed by atoms with Crippen LogP contribution in [0.1, 0.15) is 92.4 Å². The van der Waals surface area contributed by atoms with Crippen molar-refractivity contribution in [2.24, 2.45) is 58.2 Å². The van der Waals surface area contributed by atoms with Crippen LogP contribution in [-0.4, -0.2) is 73.1 Å². The maximum absolute atomic E-state index is 12.4. The zero-order valence-electron chi connectivity index (χ0n) is 26.0. The SMILES string of the molecule is COC(=O)C(CC[C@@H](C)[C@H]1CC[C@H]2[C@@H]3[C@H](O)C[C@@H]4C[C@H](OCCOCCO)CC[C@]4(C)[C@H]3C[C@H](O)[C@]12C)C(C)C. The molecule has 4 saturated carbocycles. The van der Waals surface area contributed by atoms with Crippen LogP contribution in [0.2, 0.25) is 0 Å². The number of esters is 1. The molecule has 7 heteroatoms. The Bertz CT molecular complexity index is 834. The highest BCUT2D eigenvalue weighted by atomic mass is 16.5. The Hall–Kier alpha value is -0.730. The van der Waals surface area contributed by atoms with E-state index >= 15 is 0 Å². The Kier molecular flexibility index (Phi) is 10.7. The lowest BCUT2D eigenvalue weighted by molar-refractivity contribution is -0.209. The normalized spacial score (nSPS) is 42.5. The molecule has 0 aliphatic heterocycles. The summed E-state index contributed by atoms with van der Waals surface area (Å²) in [6, 6.07) is 0. The van der Waals surface area contributed by atoms with Gasteiger partial charge in [0.1, 0.15) is 0 Å². The molecule has 0 aromatic heterocycles. The monoisotopic (exact) mass is 566 g/mol. The summed E-state index contributed by atoms with van der Waals surface area (Å²) in [7, 11) is 1.48. The molecule has 0 heterocycles. The van der Waals surface area contributed by atoms with Crippen molar-refractivity contribution in [1.29, 1.82) is 0 Å². The molecule has 0 bridgehead atoms. The van der Waals surface area contributed by atoms with Crippen molar-refractivity contribution >= 4 is 5.97 Å². The molecule has 232 valence electrons. The first-order valence-electron chi connectivity index (χ1n) is 16.2. The molecular weight excluding hydrogens is 508 g/mol. The molecule has 40 heavy (non-hydrogen) atoms. The van der Waals surface area contributed by atoms with E-state index in [-0.39, 0.29) is 59.5 Å². The summed E-state index contributed by atoms with van der Waals surface area (Å²) in [6.45, 7) is 12.7. The van der Waals surface area contributed by atoms with Gasteiger partial charge in [-0.05, 0) is 110 Å². The zero-order chi connectivity index (χ0) is 29.2. The van der Waals surface area contributed by atoms with Crippen LogP contribution in [0.15, 0.2) is 0 Å². The smallest absolute Gasteiger partial charge is 0.308 e. The van der Waals surface area contributed by atoms with Crippen LogP contribution in [0.5, 0.6) is 0 Å². The Morgan fingerprint density at radius 2 is 1.70 bits per heavy atom. The van der Waals surface area contributed by atoms with Gasteiger partial charge in [0.05, 0.1) is 57.8 Å². The zero-order valence-corrected chi connectivity index (χ0v) is 26.0. The summed E-state index contributed by atoms with van der Waals surface area (Å²) < 4.78 is 16.6. The van der Waals surface area contributed by atoms with Crippen molar-refractivity contribution in [2.45, 2.75) is 111 Å². The van der Waals surface area contributed by atoms with Gasteiger partial charge >= 0.3 is 5.97 Å². The number of hydrogen-bond donors (Lipinski definition) is 3. The maximum Gasteiger partial charge on any atom is 0.308 e. The summed E-state index contributed by atoms with van der Waals surface area (Å²) in [5.74, 6) is 2.18. The fraction of sp³-hybridized carbons (Fsp3) is 0.970. The van der Waals surface area contributed by atoms with Crippen molar-refractivity contribution in [2.75, 3.05) is 33.5 Å². The summed E-state index contributed by atoms with van der Waals surface area (Å²) in [6.07, 6.45) is 8.11. The number of carbonyl (C=O) groups is 1. The fourth-order valence-corrected chi connectivity index (χ4v) is 10.2. The van der Waals surface area contributed by atoms with Crippen LogP contribution in [0.4, 0.5) is 0 Å². The van der Waals surface area contributed by atoms with Crippen molar-refractivity contribution < 1.29 is 34.3 Å². The van der Waals surface area contributed by atoms with Gasteiger partial charge in [0, 0.05) is 0 Å². The third-order valence-corrected chi connectivity index (χ3v) is 12.6. The van der Waals surface area contributed by atoms with E-state index in [0.29, 0.717) is 49.4 Å². The highest BCUT2D eigenvalue weighted by Crippen LogP contribution is 2.68. The Balaban J connectivity index is 1.43. The summed E-state index contributed by atoms with van der Waals surface area (Å²) in [5.41, 5.74) is -0.0770. The molecule has 4 fully saturated rings. The topological polar surface area (TPSA) is 105 Å². The van der Waals surface area contributed by atoms with E-state index in [1.165, 1.54) is 7.11 Å². The van der Waals surface area contributed by atoms with Gasteiger partial charge < -0.3 is 29.5 Å². The Morgan fingerprint density at radius 3 is 2.38 bits per heavy atom. The Labute approximate surface area is 242 Å². The first-order chi connectivity index (χ1) is 19.0. The van der Waals surface area contributed by atoms with E-state index < -0.39 is 0 Å². The highest BCUT2D eigenvalue weighted by Gasteiger charge is 2.65. The minimum absolute atomic E-state index is 0.0316. The van der Waals surface area contributed by atoms with E-state index in [1.54, 1.807) is 0 Å². The van der Waals surface area contributed by atoms with Crippen molar-refractivity contribution in [3.05, 3.63) is 0 Å². The number of methoxy groups -OCH3 is 1. The summed E-state index contributed by atoms with van der Waals surface area (Å²) in [5, 5.41) is 32.5. The summed E-state index contributed by atoms with van der Waals surface area (Å²) in [4.78, 5) is 12.4.